The number of pyridine rings is 2. The van der Waals surface area contributed by atoms with E-state index in [4.69, 9.17) is 14.3 Å². The molecule has 1 aromatic carbocycles. The number of aromatic nitrogens is 2. The van der Waals surface area contributed by atoms with Gasteiger partial charge in [0.25, 0.3) is 5.56 Å². The van der Waals surface area contributed by atoms with Crippen molar-refractivity contribution in [3.05, 3.63) is 63.6 Å². The van der Waals surface area contributed by atoms with Crippen LogP contribution in [0.1, 0.15) is 69.7 Å². The molecule has 5 rings (SSSR count). The topological polar surface area (TPSA) is 126 Å². The van der Waals surface area contributed by atoms with Gasteiger partial charge in [0.05, 0.1) is 30.1 Å². The summed E-state index contributed by atoms with van der Waals surface area (Å²) in [4.78, 5) is 26.0. The van der Waals surface area contributed by atoms with Gasteiger partial charge >= 0.3 is 0 Å². The lowest BCUT2D eigenvalue weighted by Crippen LogP contribution is -2.39. The van der Waals surface area contributed by atoms with E-state index < -0.39 is 11.2 Å². The van der Waals surface area contributed by atoms with Crippen molar-refractivity contribution in [3.63, 3.8) is 0 Å². The minimum absolute atomic E-state index is 0.0130. The van der Waals surface area contributed by atoms with Crippen molar-refractivity contribution < 1.29 is 14.3 Å². The summed E-state index contributed by atoms with van der Waals surface area (Å²) in [5.41, 5.74) is 2.68. The van der Waals surface area contributed by atoms with Crippen molar-refractivity contribution in [2.24, 2.45) is 18.1 Å². The van der Waals surface area contributed by atoms with E-state index in [1.54, 1.807) is 13.1 Å². The fraction of sp³-hybridized carbons (Fsp3) is 0.485. The molecule has 1 aliphatic heterocycles. The predicted octanol–water partition coefficient (Wildman–Crippen LogP) is 5.06. The Morgan fingerprint density at radius 1 is 1.12 bits per heavy atom. The minimum Gasteiger partial charge on any atom is -0.485 e. The third kappa shape index (κ3) is 6.35. The second-order valence-corrected chi connectivity index (χ2v) is 12.3. The first-order valence-electron chi connectivity index (χ1n) is 14.8. The second kappa shape index (κ2) is 12.4. The van der Waals surface area contributed by atoms with Crippen molar-refractivity contribution >= 4 is 22.4 Å². The quantitative estimate of drug-likeness (QED) is 0.280. The fourth-order valence-electron chi connectivity index (χ4n) is 5.89. The summed E-state index contributed by atoms with van der Waals surface area (Å²) >= 11 is 0. The molecule has 10 nitrogen and oxygen atoms in total. The van der Waals surface area contributed by atoms with Crippen LogP contribution in [0.3, 0.4) is 0 Å². The first kappa shape index (κ1) is 30.1. The van der Waals surface area contributed by atoms with Crippen molar-refractivity contribution in [1.82, 2.24) is 9.55 Å². The van der Waals surface area contributed by atoms with Crippen LogP contribution in [-0.2, 0) is 16.6 Å². The zero-order valence-electron chi connectivity index (χ0n) is 25.5. The van der Waals surface area contributed by atoms with Gasteiger partial charge in [-0.2, -0.15) is 10.5 Å². The van der Waals surface area contributed by atoms with Crippen molar-refractivity contribution in [2.45, 2.75) is 70.6 Å². The Labute approximate surface area is 252 Å². The number of rotatable bonds is 7. The summed E-state index contributed by atoms with van der Waals surface area (Å²) < 4.78 is 12.9. The molecular weight excluding hydrogens is 544 g/mol. The number of nitrogens with zero attached hydrogens (tertiary/aromatic N) is 6. The molecule has 43 heavy (non-hydrogen) atoms. The first-order chi connectivity index (χ1) is 20.6. The van der Waals surface area contributed by atoms with Gasteiger partial charge in [-0.3, -0.25) is 4.79 Å². The summed E-state index contributed by atoms with van der Waals surface area (Å²) in [5, 5.41) is 24.7. The molecule has 10 heteroatoms. The van der Waals surface area contributed by atoms with E-state index >= 15 is 0 Å². The van der Waals surface area contributed by atoms with Gasteiger partial charge in [-0.25, -0.2) is 4.98 Å². The summed E-state index contributed by atoms with van der Waals surface area (Å²) in [6.45, 7) is 6.98. The van der Waals surface area contributed by atoms with Crippen LogP contribution in [0.2, 0.25) is 0 Å². The molecule has 1 unspecified atom stereocenters. The summed E-state index contributed by atoms with van der Waals surface area (Å²) in [7, 11) is 3.52. The zero-order chi connectivity index (χ0) is 30.7. The number of nitriles is 2. The van der Waals surface area contributed by atoms with Crippen molar-refractivity contribution in [1.29, 1.82) is 10.5 Å². The van der Waals surface area contributed by atoms with E-state index in [2.05, 4.69) is 34.4 Å². The molecule has 2 aromatic heterocycles. The molecule has 2 fully saturated rings. The maximum atomic E-state index is 13.4. The van der Waals surface area contributed by atoms with Crippen LogP contribution in [0, 0.1) is 28.6 Å². The molecule has 3 heterocycles. The van der Waals surface area contributed by atoms with E-state index in [-0.39, 0.29) is 29.3 Å². The largest absolute Gasteiger partial charge is 0.485 e. The molecule has 0 amide bonds. The molecule has 3 aromatic rings. The van der Waals surface area contributed by atoms with Gasteiger partial charge in [-0.05, 0) is 52.0 Å². The van der Waals surface area contributed by atoms with Crippen LogP contribution in [0.5, 0.6) is 5.75 Å². The number of ether oxygens (including phenoxy) is 2. The van der Waals surface area contributed by atoms with Gasteiger partial charge in [0, 0.05) is 38.5 Å². The number of anilines is 1. The molecular formula is C33H38N6O4. The van der Waals surface area contributed by atoms with E-state index in [0.717, 1.165) is 37.0 Å². The van der Waals surface area contributed by atoms with Crippen LogP contribution >= 0.6 is 0 Å². The highest BCUT2D eigenvalue weighted by molar-refractivity contribution is 6.02. The van der Waals surface area contributed by atoms with Crippen molar-refractivity contribution in [2.75, 3.05) is 25.2 Å². The smallest absolute Gasteiger partial charge is 0.270 e. The monoisotopic (exact) mass is 582 g/mol. The highest BCUT2D eigenvalue weighted by Crippen LogP contribution is 2.37. The predicted molar refractivity (Wildman–Crippen MR) is 164 cm³/mol. The van der Waals surface area contributed by atoms with Gasteiger partial charge in [-0.15, -0.1) is 0 Å². The van der Waals surface area contributed by atoms with Gasteiger partial charge in [0.15, 0.2) is 11.4 Å². The first-order valence-corrected chi connectivity index (χ1v) is 14.8. The molecule has 0 N–H and O–H groups in total. The second-order valence-electron chi connectivity index (χ2n) is 12.3. The summed E-state index contributed by atoms with van der Waals surface area (Å²) in [6.07, 6.45) is 3.89. The molecule has 224 valence electrons. The number of fused-ring (bicyclic) bond motifs is 1. The SMILES string of the molecule is CN(c1c(C#N)c(=O)n(C)c2cc(OC3CCOC3)c(C#N)nc12)C1CCC(C(=NOC(C)(C)C)c2ccccc2)CC1. The van der Waals surface area contributed by atoms with Gasteiger partial charge in [0.1, 0.15) is 34.9 Å². The maximum Gasteiger partial charge on any atom is 0.270 e. The molecule has 0 radical (unpaired) electrons. The summed E-state index contributed by atoms with van der Waals surface area (Å²) in [6, 6.07) is 16.1. The molecule has 1 saturated carbocycles. The average Bonchev–Trinajstić information content (AvgIpc) is 3.52. The Hall–Kier alpha value is -4.41. The Balaban J connectivity index is 1.47. The number of benzene rings is 1. The normalized spacial score (nSPS) is 20.8. The highest BCUT2D eigenvalue weighted by Gasteiger charge is 2.32. The molecule has 2 aliphatic rings. The molecule has 0 bridgehead atoms. The lowest BCUT2D eigenvalue weighted by atomic mass is 9.80. The maximum absolute atomic E-state index is 13.4. The lowest BCUT2D eigenvalue weighted by molar-refractivity contribution is -0.0000294. The molecule has 1 aliphatic carbocycles. The lowest BCUT2D eigenvalue weighted by Gasteiger charge is -2.37. The highest BCUT2D eigenvalue weighted by atomic mass is 16.6. The number of aryl methyl sites for hydroxylation is 1. The van der Waals surface area contributed by atoms with Gasteiger partial charge in [-0.1, -0.05) is 35.5 Å². The Kier molecular flexibility index (Phi) is 8.70. The van der Waals surface area contributed by atoms with Crippen LogP contribution in [0.4, 0.5) is 5.69 Å². The van der Waals surface area contributed by atoms with E-state index in [1.807, 2.05) is 50.9 Å². The number of hydrogen-bond donors (Lipinski definition) is 0. The van der Waals surface area contributed by atoms with Gasteiger partial charge in [0.2, 0.25) is 0 Å². The van der Waals surface area contributed by atoms with Crippen molar-refractivity contribution in [3.8, 4) is 17.9 Å². The van der Waals surface area contributed by atoms with Crippen LogP contribution in [0.25, 0.3) is 11.0 Å². The number of oxime groups is 1. The Bertz CT molecular complexity index is 1650. The fourth-order valence-corrected chi connectivity index (χ4v) is 5.89. The van der Waals surface area contributed by atoms with Crippen LogP contribution in [0.15, 0.2) is 46.3 Å². The van der Waals surface area contributed by atoms with E-state index in [1.165, 1.54) is 4.57 Å². The minimum atomic E-state index is -0.412. The number of hydrogen-bond acceptors (Lipinski definition) is 9. The van der Waals surface area contributed by atoms with Crippen LogP contribution < -0.4 is 15.2 Å². The molecule has 0 spiro atoms. The van der Waals surface area contributed by atoms with Gasteiger partial charge < -0.3 is 23.8 Å². The van der Waals surface area contributed by atoms with E-state index in [0.29, 0.717) is 42.1 Å². The third-order valence-electron chi connectivity index (χ3n) is 8.18. The Morgan fingerprint density at radius 2 is 1.84 bits per heavy atom. The summed E-state index contributed by atoms with van der Waals surface area (Å²) in [5.74, 6) is 0.511. The Morgan fingerprint density at radius 3 is 2.44 bits per heavy atom. The van der Waals surface area contributed by atoms with Crippen LogP contribution in [-0.4, -0.2) is 53.3 Å². The molecule has 1 saturated heterocycles. The van der Waals surface area contributed by atoms with E-state index in [9.17, 15) is 15.3 Å². The average molecular weight is 583 g/mol. The third-order valence-corrected chi connectivity index (χ3v) is 8.18. The molecule has 1 atom stereocenters. The standard InChI is InChI=1S/C33H38N6O4/c1-33(2,3)43-37-29(21-9-7-6-8-10-21)22-11-13-23(14-12-22)38(4)31-25(18-34)32(40)39(5)27-17-28(26(19-35)36-30(27)31)42-24-15-16-41-20-24/h6-10,17,22-24H,11-16,20H2,1-5H3. The zero-order valence-corrected chi connectivity index (χ0v) is 25.5.